The van der Waals surface area contributed by atoms with Crippen LogP contribution in [0.1, 0.15) is 5.76 Å². The molecule has 2 aromatic heterocycles. The van der Waals surface area contributed by atoms with Gasteiger partial charge >= 0.3 is 12.0 Å². The van der Waals surface area contributed by atoms with Crippen molar-refractivity contribution in [2.45, 2.75) is 13.1 Å². The van der Waals surface area contributed by atoms with Crippen LogP contribution >= 0.6 is 0 Å². The third-order valence-corrected chi connectivity index (χ3v) is 2.50. The highest BCUT2D eigenvalue weighted by molar-refractivity contribution is 5.88. The fourth-order valence-electron chi connectivity index (χ4n) is 1.58. The molecule has 8 heteroatoms. The summed E-state index contributed by atoms with van der Waals surface area (Å²) in [6.45, 7) is 0.0835. The lowest BCUT2D eigenvalue weighted by molar-refractivity contribution is -0.137. The standard InChI is InChI=1S/C12H14N4O4/c1-15(7-10-3-2-4-20-10)12(19)14-9-5-13-16(6-9)8-11(17)18/h2-6H,7-8H2,1H3,(H,14,19)(H,17,18). The average molecular weight is 278 g/mol. The highest BCUT2D eigenvalue weighted by Crippen LogP contribution is 2.08. The van der Waals surface area contributed by atoms with Crippen LogP contribution in [-0.2, 0) is 17.9 Å². The third-order valence-electron chi connectivity index (χ3n) is 2.50. The van der Waals surface area contributed by atoms with Gasteiger partial charge in [-0.05, 0) is 12.1 Å². The number of nitrogens with one attached hydrogen (secondary N) is 1. The molecule has 0 spiro atoms. The Bertz CT molecular complexity index is 590. The molecule has 20 heavy (non-hydrogen) atoms. The first kappa shape index (κ1) is 13.7. The van der Waals surface area contributed by atoms with Crippen molar-refractivity contribution < 1.29 is 19.1 Å². The van der Waals surface area contributed by atoms with Crippen molar-refractivity contribution in [2.24, 2.45) is 0 Å². The molecular formula is C12H14N4O4. The number of anilines is 1. The Kier molecular flexibility index (Phi) is 4.04. The van der Waals surface area contributed by atoms with Crippen molar-refractivity contribution in [3.63, 3.8) is 0 Å². The van der Waals surface area contributed by atoms with Gasteiger partial charge in [-0.1, -0.05) is 0 Å². The van der Waals surface area contributed by atoms with Crippen molar-refractivity contribution in [1.82, 2.24) is 14.7 Å². The summed E-state index contributed by atoms with van der Waals surface area (Å²) in [5, 5.41) is 15.1. The number of carboxylic acid groups (broad SMARTS) is 1. The van der Waals surface area contributed by atoms with Gasteiger partial charge in [0.25, 0.3) is 0 Å². The molecule has 2 aromatic rings. The Morgan fingerprint density at radius 1 is 1.55 bits per heavy atom. The van der Waals surface area contributed by atoms with E-state index in [9.17, 15) is 9.59 Å². The van der Waals surface area contributed by atoms with Crippen LogP contribution in [0.2, 0.25) is 0 Å². The molecule has 0 atom stereocenters. The molecule has 2 rings (SSSR count). The van der Waals surface area contributed by atoms with Gasteiger partial charge in [-0.15, -0.1) is 0 Å². The molecule has 0 bridgehead atoms. The molecule has 0 aromatic carbocycles. The van der Waals surface area contributed by atoms with E-state index in [0.29, 0.717) is 18.0 Å². The van der Waals surface area contributed by atoms with Crippen molar-refractivity contribution in [3.8, 4) is 0 Å². The number of carbonyl (C=O) groups excluding carboxylic acids is 1. The SMILES string of the molecule is CN(Cc1ccco1)C(=O)Nc1cnn(CC(=O)O)c1. The summed E-state index contributed by atoms with van der Waals surface area (Å²) in [6, 6.07) is 3.18. The summed E-state index contributed by atoms with van der Waals surface area (Å²) >= 11 is 0. The van der Waals surface area contributed by atoms with Crippen LogP contribution in [0.4, 0.5) is 10.5 Å². The van der Waals surface area contributed by atoms with E-state index in [4.69, 9.17) is 9.52 Å². The number of aromatic nitrogens is 2. The topological polar surface area (TPSA) is 101 Å². The van der Waals surface area contributed by atoms with Crippen LogP contribution in [0.15, 0.2) is 35.2 Å². The van der Waals surface area contributed by atoms with Crippen molar-refractivity contribution in [2.75, 3.05) is 12.4 Å². The Morgan fingerprint density at radius 2 is 2.35 bits per heavy atom. The number of furan rings is 1. The van der Waals surface area contributed by atoms with Gasteiger partial charge in [-0.25, -0.2) is 4.79 Å². The fourth-order valence-corrected chi connectivity index (χ4v) is 1.58. The monoisotopic (exact) mass is 278 g/mol. The second kappa shape index (κ2) is 5.91. The summed E-state index contributed by atoms with van der Waals surface area (Å²) in [4.78, 5) is 23.8. The molecule has 106 valence electrons. The number of hydrogen-bond donors (Lipinski definition) is 2. The number of nitrogens with zero attached hydrogens (tertiary/aromatic N) is 3. The lowest BCUT2D eigenvalue weighted by Crippen LogP contribution is -2.30. The number of amides is 2. The van der Waals surface area contributed by atoms with Crippen LogP contribution in [0.25, 0.3) is 0 Å². The lowest BCUT2D eigenvalue weighted by Gasteiger charge is -2.15. The van der Waals surface area contributed by atoms with Gasteiger partial charge in [-0.3, -0.25) is 9.48 Å². The quantitative estimate of drug-likeness (QED) is 0.856. The first-order chi connectivity index (χ1) is 9.54. The van der Waals surface area contributed by atoms with Gasteiger partial charge in [0.15, 0.2) is 0 Å². The molecule has 0 saturated heterocycles. The van der Waals surface area contributed by atoms with Gasteiger partial charge in [0.05, 0.1) is 24.7 Å². The molecule has 8 nitrogen and oxygen atoms in total. The maximum absolute atomic E-state index is 11.9. The van der Waals surface area contributed by atoms with E-state index in [0.717, 1.165) is 0 Å². The molecule has 0 radical (unpaired) electrons. The molecule has 2 amide bonds. The summed E-state index contributed by atoms with van der Waals surface area (Å²) in [5.41, 5.74) is 0.433. The zero-order valence-corrected chi connectivity index (χ0v) is 10.8. The predicted octanol–water partition coefficient (Wildman–Crippen LogP) is 1.22. The molecule has 2 heterocycles. The highest BCUT2D eigenvalue weighted by Gasteiger charge is 2.12. The minimum absolute atomic E-state index is 0.252. The molecule has 0 saturated carbocycles. The fraction of sp³-hybridized carbons (Fsp3) is 0.250. The molecule has 0 aliphatic heterocycles. The Balaban J connectivity index is 1.90. The van der Waals surface area contributed by atoms with Gasteiger partial charge in [0, 0.05) is 13.2 Å². The first-order valence-electron chi connectivity index (χ1n) is 5.83. The Labute approximate surface area is 114 Å². The van der Waals surface area contributed by atoms with Gasteiger partial charge < -0.3 is 19.7 Å². The number of hydrogen-bond acceptors (Lipinski definition) is 4. The average Bonchev–Trinajstić information content (AvgIpc) is 3.00. The zero-order valence-electron chi connectivity index (χ0n) is 10.8. The molecular weight excluding hydrogens is 264 g/mol. The Morgan fingerprint density at radius 3 is 3.00 bits per heavy atom. The number of carboxylic acids is 1. The number of urea groups is 1. The van der Waals surface area contributed by atoms with Crippen molar-refractivity contribution in [1.29, 1.82) is 0 Å². The number of rotatable bonds is 5. The highest BCUT2D eigenvalue weighted by atomic mass is 16.4. The van der Waals surface area contributed by atoms with Crippen molar-refractivity contribution in [3.05, 3.63) is 36.5 Å². The third kappa shape index (κ3) is 3.61. The van der Waals surface area contributed by atoms with Crippen LogP contribution in [0, 0.1) is 0 Å². The van der Waals surface area contributed by atoms with Gasteiger partial charge in [-0.2, -0.15) is 5.10 Å². The van der Waals surface area contributed by atoms with E-state index >= 15 is 0 Å². The second-order valence-corrected chi connectivity index (χ2v) is 4.19. The number of aliphatic carboxylic acids is 1. The van der Waals surface area contributed by atoms with Crippen LogP contribution in [0.3, 0.4) is 0 Å². The van der Waals surface area contributed by atoms with Crippen LogP contribution < -0.4 is 5.32 Å². The van der Waals surface area contributed by atoms with E-state index in [2.05, 4.69) is 10.4 Å². The molecule has 0 aliphatic rings. The normalized spacial score (nSPS) is 10.2. The summed E-state index contributed by atoms with van der Waals surface area (Å²) in [6.07, 6.45) is 4.38. The molecule has 0 fully saturated rings. The smallest absolute Gasteiger partial charge is 0.325 e. The lowest BCUT2D eigenvalue weighted by atomic mass is 10.4. The van der Waals surface area contributed by atoms with Crippen LogP contribution in [-0.4, -0.2) is 38.8 Å². The molecule has 2 N–H and O–H groups in total. The molecule has 0 unspecified atom stereocenters. The van der Waals surface area contributed by atoms with E-state index in [-0.39, 0.29) is 12.6 Å². The van der Waals surface area contributed by atoms with E-state index in [1.54, 1.807) is 19.2 Å². The van der Waals surface area contributed by atoms with E-state index in [1.807, 2.05) is 0 Å². The second-order valence-electron chi connectivity index (χ2n) is 4.19. The maximum atomic E-state index is 11.9. The van der Waals surface area contributed by atoms with Crippen LogP contribution in [0.5, 0.6) is 0 Å². The summed E-state index contributed by atoms with van der Waals surface area (Å²) in [7, 11) is 1.62. The minimum Gasteiger partial charge on any atom is -0.480 e. The van der Waals surface area contributed by atoms with E-state index < -0.39 is 5.97 Å². The van der Waals surface area contributed by atoms with Gasteiger partial charge in [0.2, 0.25) is 0 Å². The largest absolute Gasteiger partial charge is 0.480 e. The first-order valence-corrected chi connectivity index (χ1v) is 5.83. The van der Waals surface area contributed by atoms with Gasteiger partial charge in [0.1, 0.15) is 12.3 Å². The molecule has 0 aliphatic carbocycles. The maximum Gasteiger partial charge on any atom is 0.325 e. The Hall–Kier alpha value is -2.77. The van der Waals surface area contributed by atoms with Crippen molar-refractivity contribution >= 4 is 17.7 Å². The summed E-state index contributed by atoms with van der Waals surface area (Å²) < 4.78 is 6.38. The zero-order chi connectivity index (χ0) is 14.5. The summed E-state index contributed by atoms with van der Waals surface area (Å²) in [5.74, 6) is -0.329. The predicted molar refractivity (Wildman–Crippen MR) is 69.1 cm³/mol. The minimum atomic E-state index is -0.999. The number of carbonyl (C=O) groups is 2. The van der Waals surface area contributed by atoms with E-state index in [1.165, 1.54) is 28.2 Å².